The van der Waals surface area contributed by atoms with Gasteiger partial charge in [0.2, 0.25) is 10.0 Å². The first-order valence-electron chi connectivity index (χ1n) is 3.88. The van der Waals surface area contributed by atoms with Crippen molar-refractivity contribution in [3.8, 4) is 0 Å². The Morgan fingerprint density at radius 1 is 1.38 bits per heavy atom. The summed E-state index contributed by atoms with van der Waals surface area (Å²) in [6.07, 6.45) is 0. The van der Waals surface area contributed by atoms with Crippen molar-refractivity contribution >= 4 is 39.2 Å². The van der Waals surface area contributed by atoms with Crippen molar-refractivity contribution in [2.45, 2.75) is 4.90 Å². The van der Waals surface area contributed by atoms with Crippen molar-refractivity contribution in [3.05, 3.63) is 27.7 Å². The second kappa shape index (κ2) is 4.58. The van der Waals surface area contributed by atoms with Crippen LogP contribution in [-0.2, 0) is 14.8 Å². The molecule has 0 aliphatic carbocycles. The summed E-state index contributed by atoms with van der Waals surface area (Å²) in [7, 11) is -2.89. The van der Waals surface area contributed by atoms with Crippen LogP contribution in [0.4, 0.5) is 0 Å². The molecular formula is C8H7Cl2NO4S. The van der Waals surface area contributed by atoms with Crippen LogP contribution in [0.25, 0.3) is 0 Å². The zero-order valence-corrected chi connectivity index (χ0v) is 10.4. The molecule has 0 aliphatic heterocycles. The normalized spacial score (nSPS) is 11.2. The molecule has 0 unspecified atom stereocenters. The molecule has 0 aromatic heterocycles. The van der Waals surface area contributed by atoms with E-state index in [1.807, 2.05) is 0 Å². The lowest BCUT2D eigenvalue weighted by molar-refractivity contribution is 0.0601. The van der Waals surface area contributed by atoms with E-state index in [2.05, 4.69) is 4.74 Å². The molecule has 0 atom stereocenters. The number of methoxy groups -OCH3 is 1. The highest BCUT2D eigenvalue weighted by Gasteiger charge is 2.22. The maximum absolute atomic E-state index is 11.3. The van der Waals surface area contributed by atoms with E-state index in [9.17, 15) is 13.2 Å². The SMILES string of the molecule is COC(=O)c1c(Cl)ccc(S(N)(=O)=O)c1Cl. The van der Waals surface area contributed by atoms with E-state index in [4.69, 9.17) is 28.3 Å². The molecule has 16 heavy (non-hydrogen) atoms. The Hall–Kier alpha value is -0.820. The summed E-state index contributed by atoms with van der Waals surface area (Å²) in [5.74, 6) is -0.833. The molecule has 0 radical (unpaired) electrons. The number of sulfonamides is 1. The first kappa shape index (κ1) is 13.2. The number of nitrogens with two attached hydrogens (primary N) is 1. The molecule has 0 amide bonds. The van der Waals surface area contributed by atoms with Crippen LogP contribution >= 0.6 is 23.2 Å². The molecule has 2 N–H and O–H groups in total. The van der Waals surface area contributed by atoms with E-state index < -0.39 is 16.0 Å². The van der Waals surface area contributed by atoms with Crippen LogP contribution in [0.3, 0.4) is 0 Å². The monoisotopic (exact) mass is 283 g/mol. The average Bonchev–Trinajstić information content (AvgIpc) is 2.15. The second-order valence-electron chi connectivity index (χ2n) is 2.77. The molecule has 8 heteroatoms. The molecule has 0 aliphatic rings. The fourth-order valence-electron chi connectivity index (χ4n) is 1.04. The predicted octanol–water partition coefficient (Wildman–Crippen LogP) is 1.43. The van der Waals surface area contributed by atoms with Gasteiger partial charge >= 0.3 is 5.97 Å². The minimum absolute atomic E-state index is 0.00995. The Morgan fingerprint density at radius 2 is 1.94 bits per heavy atom. The number of benzene rings is 1. The Bertz CT molecular complexity index is 541. The Labute approximate surface area is 102 Å². The van der Waals surface area contributed by atoms with Crippen LogP contribution in [0.1, 0.15) is 10.4 Å². The van der Waals surface area contributed by atoms with Gasteiger partial charge in [-0.1, -0.05) is 23.2 Å². The Balaban J connectivity index is 3.57. The number of halogens is 2. The molecule has 0 heterocycles. The first-order chi connectivity index (χ1) is 7.29. The largest absolute Gasteiger partial charge is 0.465 e. The summed E-state index contributed by atoms with van der Waals surface area (Å²) in [6.45, 7) is 0. The predicted molar refractivity (Wildman–Crippen MR) is 59.2 cm³/mol. The van der Waals surface area contributed by atoms with Gasteiger partial charge in [-0.2, -0.15) is 0 Å². The van der Waals surface area contributed by atoms with E-state index in [1.165, 1.54) is 6.07 Å². The third kappa shape index (κ3) is 2.46. The van der Waals surface area contributed by atoms with Crippen LogP contribution in [0.2, 0.25) is 10.0 Å². The highest BCUT2D eigenvalue weighted by atomic mass is 35.5. The van der Waals surface area contributed by atoms with Gasteiger partial charge in [-0.05, 0) is 12.1 Å². The van der Waals surface area contributed by atoms with Crippen molar-refractivity contribution in [2.24, 2.45) is 5.14 Å². The van der Waals surface area contributed by atoms with E-state index in [-0.39, 0.29) is 20.5 Å². The number of hydrogen-bond donors (Lipinski definition) is 1. The molecule has 1 aromatic carbocycles. The summed E-state index contributed by atoms with van der Waals surface area (Å²) in [4.78, 5) is 10.9. The molecule has 0 saturated carbocycles. The van der Waals surface area contributed by atoms with E-state index in [0.717, 1.165) is 13.2 Å². The quantitative estimate of drug-likeness (QED) is 0.832. The van der Waals surface area contributed by atoms with Gasteiger partial charge < -0.3 is 4.74 Å². The van der Waals surface area contributed by atoms with Gasteiger partial charge in [0.15, 0.2) is 0 Å². The highest BCUT2D eigenvalue weighted by molar-refractivity contribution is 7.89. The topological polar surface area (TPSA) is 86.5 Å². The number of carbonyl (C=O) groups is 1. The fourth-order valence-corrected chi connectivity index (χ4v) is 2.50. The summed E-state index contributed by atoms with van der Waals surface area (Å²) >= 11 is 11.4. The van der Waals surface area contributed by atoms with Gasteiger partial charge in [-0.3, -0.25) is 0 Å². The maximum atomic E-state index is 11.3. The van der Waals surface area contributed by atoms with Gasteiger partial charge in [0.05, 0.1) is 22.7 Å². The lowest BCUT2D eigenvalue weighted by atomic mass is 10.2. The molecule has 1 rings (SSSR count). The lowest BCUT2D eigenvalue weighted by Crippen LogP contribution is -2.15. The summed E-state index contributed by atoms with van der Waals surface area (Å²) in [5.41, 5.74) is -0.225. The number of rotatable bonds is 2. The van der Waals surface area contributed by atoms with Gasteiger partial charge in [-0.25, -0.2) is 18.4 Å². The molecular weight excluding hydrogens is 277 g/mol. The molecule has 0 saturated heterocycles. The van der Waals surface area contributed by atoms with Crippen LogP contribution in [0.15, 0.2) is 17.0 Å². The molecule has 88 valence electrons. The molecule has 5 nitrogen and oxygen atoms in total. The van der Waals surface area contributed by atoms with Crippen LogP contribution < -0.4 is 5.14 Å². The standard InChI is InChI=1S/C8H7Cl2NO4S/c1-15-8(12)6-4(9)2-3-5(7(6)10)16(11,13)14/h2-3H,1H3,(H2,11,13,14). The molecule has 0 fully saturated rings. The van der Waals surface area contributed by atoms with Crippen molar-refractivity contribution in [3.63, 3.8) is 0 Å². The third-order valence-electron chi connectivity index (χ3n) is 1.75. The van der Waals surface area contributed by atoms with E-state index in [1.54, 1.807) is 0 Å². The number of esters is 1. The molecule has 0 bridgehead atoms. The summed E-state index contributed by atoms with van der Waals surface area (Å²) in [6, 6.07) is 2.33. The lowest BCUT2D eigenvalue weighted by Gasteiger charge is -2.08. The summed E-state index contributed by atoms with van der Waals surface area (Å²) < 4.78 is 26.7. The van der Waals surface area contributed by atoms with Crippen molar-refractivity contribution < 1.29 is 17.9 Å². The number of primary sulfonamides is 1. The van der Waals surface area contributed by atoms with Gasteiger partial charge in [0, 0.05) is 0 Å². The minimum Gasteiger partial charge on any atom is -0.465 e. The first-order valence-corrected chi connectivity index (χ1v) is 6.18. The molecule has 1 aromatic rings. The van der Waals surface area contributed by atoms with Gasteiger partial charge in [0.1, 0.15) is 4.90 Å². The maximum Gasteiger partial charge on any atom is 0.340 e. The highest BCUT2D eigenvalue weighted by Crippen LogP contribution is 2.30. The van der Waals surface area contributed by atoms with E-state index >= 15 is 0 Å². The van der Waals surface area contributed by atoms with Crippen molar-refractivity contribution in [2.75, 3.05) is 7.11 Å². The van der Waals surface area contributed by atoms with Gasteiger partial charge in [0.25, 0.3) is 0 Å². The average molecular weight is 284 g/mol. The van der Waals surface area contributed by atoms with Crippen LogP contribution in [0, 0.1) is 0 Å². The van der Waals surface area contributed by atoms with Gasteiger partial charge in [-0.15, -0.1) is 0 Å². The summed E-state index contributed by atoms with van der Waals surface area (Å²) in [5, 5.41) is 4.56. The second-order valence-corrected chi connectivity index (χ2v) is 5.09. The zero-order valence-electron chi connectivity index (χ0n) is 8.03. The number of hydrogen-bond acceptors (Lipinski definition) is 4. The Kier molecular flexibility index (Phi) is 3.80. The van der Waals surface area contributed by atoms with E-state index in [0.29, 0.717) is 0 Å². The third-order valence-corrected chi connectivity index (χ3v) is 3.52. The zero-order chi connectivity index (χ0) is 12.5. The smallest absolute Gasteiger partial charge is 0.340 e. The van der Waals surface area contributed by atoms with Crippen LogP contribution in [0.5, 0.6) is 0 Å². The minimum atomic E-state index is -4.01. The van der Waals surface area contributed by atoms with Crippen LogP contribution in [-0.4, -0.2) is 21.5 Å². The number of ether oxygens (including phenoxy) is 1. The fraction of sp³-hybridized carbons (Fsp3) is 0.125. The van der Waals surface area contributed by atoms with Crippen molar-refractivity contribution in [1.82, 2.24) is 0 Å². The van der Waals surface area contributed by atoms with Crippen molar-refractivity contribution in [1.29, 1.82) is 0 Å². The Morgan fingerprint density at radius 3 is 2.38 bits per heavy atom. The number of carbonyl (C=O) groups excluding carboxylic acids is 1. The molecule has 0 spiro atoms.